The van der Waals surface area contributed by atoms with Crippen molar-refractivity contribution in [3.8, 4) is 6.07 Å². The lowest BCUT2D eigenvalue weighted by molar-refractivity contribution is 0.0942. The van der Waals surface area contributed by atoms with Gasteiger partial charge in [-0.15, -0.1) is 0 Å². The Bertz CT molecular complexity index is 434. The van der Waals surface area contributed by atoms with Crippen LogP contribution in [0.15, 0.2) is 18.2 Å². The highest BCUT2D eigenvalue weighted by molar-refractivity contribution is 14.1. The van der Waals surface area contributed by atoms with Crippen LogP contribution in [0.1, 0.15) is 35.7 Å². The van der Waals surface area contributed by atoms with Crippen LogP contribution < -0.4 is 0 Å². The summed E-state index contributed by atoms with van der Waals surface area (Å²) in [6.45, 7) is 3.96. The van der Waals surface area contributed by atoms with Crippen LogP contribution in [0.25, 0.3) is 0 Å². The number of aryl methyl sites for hydroxylation is 1. The van der Waals surface area contributed by atoms with Crippen LogP contribution in [0.2, 0.25) is 0 Å². The van der Waals surface area contributed by atoms with E-state index in [0.29, 0.717) is 12.0 Å². The molecule has 0 saturated carbocycles. The zero-order chi connectivity index (χ0) is 12.1. The topological polar surface area (TPSA) is 40.9 Å². The summed E-state index contributed by atoms with van der Waals surface area (Å²) in [4.78, 5) is 12.1. The second-order valence-corrected chi connectivity index (χ2v) is 4.85. The lowest BCUT2D eigenvalue weighted by Crippen LogP contribution is -2.14. The predicted molar refractivity (Wildman–Crippen MR) is 72.2 cm³/mol. The molecule has 0 aliphatic rings. The molecule has 0 radical (unpaired) electrons. The van der Waals surface area contributed by atoms with Gasteiger partial charge in [-0.25, -0.2) is 0 Å². The van der Waals surface area contributed by atoms with Crippen molar-refractivity contribution in [3.05, 3.63) is 32.9 Å². The highest BCUT2D eigenvalue weighted by atomic mass is 127. The molecular weight excluding hydrogens is 313 g/mol. The number of ketones is 1. The Labute approximate surface area is 110 Å². The number of benzene rings is 1. The molecule has 0 heterocycles. The highest BCUT2D eigenvalue weighted by Gasteiger charge is 2.21. The SMILES string of the molecule is CCCC(C#N)C(=O)c1cccc(C)c1I. The van der Waals surface area contributed by atoms with E-state index in [4.69, 9.17) is 5.26 Å². The average molecular weight is 327 g/mol. The van der Waals surface area contributed by atoms with E-state index in [1.54, 1.807) is 6.07 Å². The molecule has 0 saturated heterocycles. The predicted octanol–water partition coefficient (Wildman–Crippen LogP) is 3.72. The lowest BCUT2D eigenvalue weighted by atomic mass is 9.94. The number of carbonyl (C=O) groups excluding carboxylic acids is 1. The van der Waals surface area contributed by atoms with Crippen molar-refractivity contribution in [2.24, 2.45) is 5.92 Å². The van der Waals surface area contributed by atoms with E-state index in [0.717, 1.165) is 15.6 Å². The largest absolute Gasteiger partial charge is 0.293 e. The molecule has 1 atom stereocenters. The minimum atomic E-state index is -0.500. The van der Waals surface area contributed by atoms with Crippen molar-refractivity contribution in [1.29, 1.82) is 5.26 Å². The van der Waals surface area contributed by atoms with Gasteiger partial charge in [0, 0.05) is 9.13 Å². The lowest BCUT2D eigenvalue weighted by Gasteiger charge is -2.09. The monoisotopic (exact) mass is 327 g/mol. The maximum absolute atomic E-state index is 12.1. The summed E-state index contributed by atoms with van der Waals surface area (Å²) >= 11 is 2.17. The molecule has 0 aliphatic heterocycles. The zero-order valence-corrected chi connectivity index (χ0v) is 11.6. The Hall–Kier alpha value is -0.890. The number of hydrogen-bond acceptors (Lipinski definition) is 2. The van der Waals surface area contributed by atoms with E-state index in [1.807, 2.05) is 26.0 Å². The van der Waals surface area contributed by atoms with Crippen LogP contribution in [0.4, 0.5) is 0 Å². The van der Waals surface area contributed by atoms with Gasteiger partial charge in [0.05, 0.1) is 6.07 Å². The molecular formula is C13H14INO. The molecule has 3 heteroatoms. The number of rotatable bonds is 4. The fraction of sp³-hybridized carbons (Fsp3) is 0.385. The van der Waals surface area contributed by atoms with E-state index >= 15 is 0 Å². The number of Topliss-reactive ketones (excluding diaryl/α,β-unsaturated/α-hetero) is 1. The summed E-state index contributed by atoms with van der Waals surface area (Å²) in [7, 11) is 0. The number of halogens is 1. The summed E-state index contributed by atoms with van der Waals surface area (Å²) in [5.41, 5.74) is 1.76. The van der Waals surface area contributed by atoms with E-state index in [-0.39, 0.29) is 5.78 Å². The Morgan fingerprint density at radius 2 is 2.25 bits per heavy atom. The summed E-state index contributed by atoms with van der Waals surface area (Å²) in [6.07, 6.45) is 1.49. The third-order valence-corrected chi connectivity index (χ3v) is 3.94. The smallest absolute Gasteiger partial charge is 0.181 e. The number of hydrogen-bond donors (Lipinski definition) is 0. The average Bonchev–Trinajstić information content (AvgIpc) is 2.29. The quantitative estimate of drug-likeness (QED) is 0.625. The number of carbonyl (C=O) groups is 1. The minimum Gasteiger partial charge on any atom is -0.293 e. The molecule has 2 nitrogen and oxygen atoms in total. The standard InChI is InChI=1S/C13H14INO/c1-3-5-10(8-15)13(16)11-7-4-6-9(2)12(11)14/h4,6-7,10H,3,5H2,1-2H3. The van der Waals surface area contributed by atoms with E-state index in [2.05, 4.69) is 28.7 Å². The fourth-order valence-electron chi connectivity index (χ4n) is 1.57. The van der Waals surface area contributed by atoms with Crippen molar-refractivity contribution < 1.29 is 4.79 Å². The molecule has 0 fully saturated rings. The first-order chi connectivity index (χ1) is 7.61. The zero-order valence-electron chi connectivity index (χ0n) is 9.46. The maximum atomic E-state index is 12.1. The fourth-order valence-corrected chi connectivity index (χ4v) is 2.19. The molecule has 1 aromatic carbocycles. The molecule has 0 N–H and O–H groups in total. The van der Waals surface area contributed by atoms with Gasteiger partial charge in [-0.1, -0.05) is 31.5 Å². The van der Waals surface area contributed by atoms with Crippen molar-refractivity contribution in [2.45, 2.75) is 26.7 Å². The van der Waals surface area contributed by atoms with Gasteiger partial charge in [-0.2, -0.15) is 5.26 Å². The molecule has 16 heavy (non-hydrogen) atoms. The maximum Gasteiger partial charge on any atom is 0.181 e. The van der Waals surface area contributed by atoms with Crippen LogP contribution in [-0.4, -0.2) is 5.78 Å². The van der Waals surface area contributed by atoms with Gasteiger partial charge < -0.3 is 0 Å². The van der Waals surface area contributed by atoms with E-state index in [1.165, 1.54) is 0 Å². The van der Waals surface area contributed by atoms with Gasteiger partial charge >= 0.3 is 0 Å². The number of nitrogens with zero attached hydrogens (tertiary/aromatic N) is 1. The molecule has 1 unspecified atom stereocenters. The van der Waals surface area contributed by atoms with Crippen molar-refractivity contribution in [3.63, 3.8) is 0 Å². The molecule has 0 amide bonds. The van der Waals surface area contributed by atoms with Crippen molar-refractivity contribution in [1.82, 2.24) is 0 Å². The third kappa shape index (κ3) is 2.82. The first kappa shape index (κ1) is 13.2. The number of nitriles is 1. The van der Waals surface area contributed by atoms with E-state index < -0.39 is 5.92 Å². The summed E-state index contributed by atoms with van der Waals surface area (Å²) in [5, 5.41) is 8.98. The Morgan fingerprint density at radius 3 is 2.81 bits per heavy atom. The molecule has 1 rings (SSSR count). The Morgan fingerprint density at radius 1 is 1.56 bits per heavy atom. The normalized spacial score (nSPS) is 11.9. The summed E-state index contributed by atoms with van der Waals surface area (Å²) < 4.78 is 0.960. The minimum absolute atomic E-state index is 0.0440. The second kappa shape index (κ2) is 6.00. The molecule has 84 valence electrons. The van der Waals surface area contributed by atoms with Gasteiger partial charge in [0.25, 0.3) is 0 Å². The van der Waals surface area contributed by atoms with Gasteiger partial charge in [0.15, 0.2) is 5.78 Å². The van der Waals surface area contributed by atoms with Gasteiger partial charge in [0.2, 0.25) is 0 Å². The Kier molecular flexibility index (Phi) is 4.94. The first-order valence-electron chi connectivity index (χ1n) is 5.30. The van der Waals surface area contributed by atoms with Gasteiger partial charge in [-0.05, 0) is 41.5 Å². The van der Waals surface area contributed by atoms with Crippen LogP contribution in [0, 0.1) is 27.7 Å². The summed E-state index contributed by atoms with van der Waals surface area (Å²) in [5.74, 6) is -0.544. The van der Waals surface area contributed by atoms with Crippen LogP contribution in [0.3, 0.4) is 0 Å². The molecule has 1 aromatic rings. The molecule has 0 bridgehead atoms. The molecule has 0 spiro atoms. The van der Waals surface area contributed by atoms with Crippen LogP contribution in [0.5, 0.6) is 0 Å². The summed E-state index contributed by atoms with van der Waals surface area (Å²) in [6, 6.07) is 7.74. The third-order valence-electron chi connectivity index (χ3n) is 2.51. The molecule has 0 aliphatic carbocycles. The highest BCUT2D eigenvalue weighted by Crippen LogP contribution is 2.21. The first-order valence-corrected chi connectivity index (χ1v) is 6.38. The second-order valence-electron chi connectivity index (χ2n) is 3.77. The van der Waals surface area contributed by atoms with Gasteiger partial charge in [-0.3, -0.25) is 4.79 Å². The van der Waals surface area contributed by atoms with Crippen LogP contribution >= 0.6 is 22.6 Å². The van der Waals surface area contributed by atoms with Crippen LogP contribution in [-0.2, 0) is 0 Å². The van der Waals surface area contributed by atoms with Crippen molar-refractivity contribution >= 4 is 28.4 Å². The van der Waals surface area contributed by atoms with Gasteiger partial charge in [0.1, 0.15) is 5.92 Å². The Balaban J connectivity index is 3.05. The molecule has 0 aromatic heterocycles. The van der Waals surface area contributed by atoms with Crippen molar-refractivity contribution in [2.75, 3.05) is 0 Å². The van der Waals surface area contributed by atoms with E-state index in [9.17, 15) is 4.79 Å².